The van der Waals surface area contributed by atoms with Crippen molar-refractivity contribution >= 4 is 16.8 Å². The zero-order chi connectivity index (χ0) is 10.8. The van der Waals surface area contributed by atoms with Gasteiger partial charge in [0, 0.05) is 19.5 Å². The monoisotopic (exact) mass is 201 g/mol. The van der Waals surface area contributed by atoms with Crippen molar-refractivity contribution in [1.29, 1.82) is 0 Å². The van der Waals surface area contributed by atoms with Crippen LogP contribution < -0.4 is 0 Å². The molecule has 0 saturated heterocycles. The molecule has 0 aliphatic rings. The fourth-order valence-corrected chi connectivity index (χ4v) is 1.42. The van der Waals surface area contributed by atoms with E-state index in [9.17, 15) is 4.79 Å². The molecule has 0 radical (unpaired) electrons. The van der Waals surface area contributed by atoms with Gasteiger partial charge in [-0.1, -0.05) is 18.2 Å². The van der Waals surface area contributed by atoms with Gasteiger partial charge in [-0.25, -0.2) is 0 Å². The zero-order valence-electron chi connectivity index (χ0n) is 8.64. The number of nitrogens with zero attached hydrogens (tertiary/aromatic N) is 3. The number of hydrogen-bond donors (Lipinski definition) is 0. The number of amides is 1. The van der Waals surface area contributed by atoms with E-state index in [2.05, 4.69) is 10.2 Å². The Bertz CT molecular complexity index is 503. The van der Waals surface area contributed by atoms with E-state index in [0.29, 0.717) is 5.56 Å². The number of hydrogen-bond acceptors (Lipinski definition) is 3. The number of aromatic nitrogens is 2. The molecule has 1 aromatic carbocycles. The predicted molar refractivity (Wildman–Crippen MR) is 57.6 cm³/mol. The summed E-state index contributed by atoms with van der Waals surface area (Å²) < 4.78 is 0. The van der Waals surface area contributed by atoms with E-state index < -0.39 is 0 Å². The molecule has 1 heterocycles. The molecule has 0 atom stereocenters. The van der Waals surface area contributed by atoms with E-state index >= 15 is 0 Å². The van der Waals surface area contributed by atoms with Gasteiger partial charge in [-0.05, 0) is 6.07 Å². The van der Waals surface area contributed by atoms with Crippen molar-refractivity contribution in [2.45, 2.75) is 0 Å². The molecule has 0 N–H and O–H groups in total. The van der Waals surface area contributed by atoms with E-state index in [1.165, 1.54) is 11.1 Å². The van der Waals surface area contributed by atoms with Gasteiger partial charge in [0.2, 0.25) is 0 Å². The van der Waals surface area contributed by atoms with Crippen molar-refractivity contribution < 1.29 is 4.79 Å². The second kappa shape index (κ2) is 3.65. The van der Waals surface area contributed by atoms with Crippen LogP contribution >= 0.6 is 0 Å². The van der Waals surface area contributed by atoms with E-state index in [0.717, 1.165) is 10.9 Å². The Balaban J connectivity index is 2.66. The molecule has 15 heavy (non-hydrogen) atoms. The molecule has 0 saturated carbocycles. The van der Waals surface area contributed by atoms with E-state index in [-0.39, 0.29) is 5.91 Å². The number of carbonyl (C=O) groups excluding carboxylic acids is 1. The molecule has 1 amide bonds. The first-order valence-corrected chi connectivity index (χ1v) is 4.62. The van der Waals surface area contributed by atoms with E-state index in [1.807, 2.05) is 24.3 Å². The van der Waals surface area contributed by atoms with Crippen LogP contribution in [-0.4, -0.2) is 35.1 Å². The summed E-state index contributed by atoms with van der Waals surface area (Å²) in [6.45, 7) is 0. The Morgan fingerprint density at radius 3 is 2.73 bits per heavy atom. The van der Waals surface area contributed by atoms with Gasteiger partial charge in [-0.3, -0.25) is 4.79 Å². The van der Waals surface area contributed by atoms with Crippen LogP contribution in [0, 0.1) is 0 Å². The quantitative estimate of drug-likeness (QED) is 0.699. The lowest BCUT2D eigenvalue weighted by Crippen LogP contribution is -2.22. The maximum Gasteiger partial charge on any atom is 0.255 e. The molecule has 0 aliphatic carbocycles. The first-order valence-electron chi connectivity index (χ1n) is 4.62. The van der Waals surface area contributed by atoms with Gasteiger partial charge >= 0.3 is 0 Å². The third kappa shape index (κ3) is 1.66. The molecule has 0 fully saturated rings. The Morgan fingerprint density at radius 2 is 2.00 bits per heavy atom. The van der Waals surface area contributed by atoms with Crippen molar-refractivity contribution in [3.8, 4) is 0 Å². The van der Waals surface area contributed by atoms with Crippen molar-refractivity contribution in [2.24, 2.45) is 0 Å². The molecule has 0 unspecified atom stereocenters. The zero-order valence-corrected chi connectivity index (χ0v) is 8.64. The summed E-state index contributed by atoms with van der Waals surface area (Å²) in [7, 11) is 3.44. The molecule has 2 aromatic rings. The van der Waals surface area contributed by atoms with Crippen LogP contribution in [0.3, 0.4) is 0 Å². The third-order valence-electron chi connectivity index (χ3n) is 2.18. The maximum absolute atomic E-state index is 11.8. The molecule has 1 aromatic heterocycles. The number of fused-ring (bicyclic) bond motifs is 1. The smallest absolute Gasteiger partial charge is 0.255 e. The lowest BCUT2D eigenvalue weighted by Gasteiger charge is -2.10. The van der Waals surface area contributed by atoms with Crippen LogP contribution in [0.2, 0.25) is 0 Å². The highest BCUT2D eigenvalue weighted by Crippen LogP contribution is 2.15. The minimum Gasteiger partial charge on any atom is -0.345 e. The van der Waals surface area contributed by atoms with Crippen molar-refractivity contribution in [3.05, 3.63) is 36.0 Å². The summed E-state index contributed by atoms with van der Waals surface area (Å²) in [5, 5.41) is 8.62. The second-order valence-corrected chi connectivity index (χ2v) is 3.47. The predicted octanol–water partition coefficient (Wildman–Crippen LogP) is 1.33. The Kier molecular flexibility index (Phi) is 2.33. The van der Waals surface area contributed by atoms with Crippen LogP contribution in [0.1, 0.15) is 10.4 Å². The summed E-state index contributed by atoms with van der Waals surface area (Å²) in [6.07, 6.45) is 1.50. The van der Waals surface area contributed by atoms with Gasteiger partial charge in [0.25, 0.3) is 5.91 Å². The fraction of sp³-hybridized carbons (Fsp3) is 0.182. The molecule has 76 valence electrons. The minimum absolute atomic E-state index is 0.0545. The number of carbonyl (C=O) groups is 1. The van der Waals surface area contributed by atoms with Crippen LogP contribution in [-0.2, 0) is 0 Å². The van der Waals surface area contributed by atoms with Gasteiger partial charge < -0.3 is 4.90 Å². The Labute approximate surface area is 87.5 Å². The van der Waals surface area contributed by atoms with Crippen molar-refractivity contribution in [2.75, 3.05) is 14.1 Å². The molecule has 2 rings (SSSR count). The molecule has 4 nitrogen and oxygen atoms in total. The van der Waals surface area contributed by atoms with Crippen molar-refractivity contribution in [1.82, 2.24) is 15.1 Å². The highest BCUT2D eigenvalue weighted by molar-refractivity contribution is 6.05. The lowest BCUT2D eigenvalue weighted by atomic mass is 10.1. The summed E-state index contributed by atoms with van der Waals surface area (Å²) in [6, 6.07) is 7.48. The second-order valence-electron chi connectivity index (χ2n) is 3.47. The summed E-state index contributed by atoms with van der Waals surface area (Å²) in [5.41, 5.74) is 1.33. The average molecular weight is 201 g/mol. The lowest BCUT2D eigenvalue weighted by molar-refractivity contribution is 0.0829. The molecule has 4 heteroatoms. The molecular formula is C11H11N3O. The standard InChI is InChI=1S/C11H11N3O/c1-14(2)11(15)9-7-12-13-10-6-4-3-5-8(9)10/h3-7H,1-2H3. The molecule has 0 bridgehead atoms. The molecule has 0 aliphatic heterocycles. The molecular weight excluding hydrogens is 190 g/mol. The van der Waals surface area contributed by atoms with Crippen molar-refractivity contribution in [3.63, 3.8) is 0 Å². The van der Waals surface area contributed by atoms with Gasteiger partial charge in [-0.2, -0.15) is 10.2 Å². The van der Waals surface area contributed by atoms with Gasteiger partial charge in [-0.15, -0.1) is 0 Å². The number of benzene rings is 1. The highest BCUT2D eigenvalue weighted by atomic mass is 16.2. The minimum atomic E-state index is -0.0545. The van der Waals surface area contributed by atoms with Crippen LogP contribution in [0.5, 0.6) is 0 Å². The van der Waals surface area contributed by atoms with E-state index in [4.69, 9.17) is 0 Å². The Morgan fingerprint density at radius 1 is 1.27 bits per heavy atom. The van der Waals surface area contributed by atoms with Gasteiger partial charge in [0.05, 0.1) is 17.3 Å². The first-order chi connectivity index (χ1) is 7.20. The molecule has 0 spiro atoms. The fourth-order valence-electron chi connectivity index (χ4n) is 1.42. The Hall–Kier alpha value is -1.97. The number of rotatable bonds is 1. The first kappa shape index (κ1) is 9.58. The van der Waals surface area contributed by atoms with Gasteiger partial charge in [0.1, 0.15) is 0 Å². The topological polar surface area (TPSA) is 46.1 Å². The summed E-state index contributed by atoms with van der Waals surface area (Å²) in [5.74, 6) is -0.0545. The highest BCUT2D eigenvalue weighted by Gasteiger charge is 2.12. The SMILES string of the molecule is CN(C)C(=O)c1cnnc2ccccc12. The largest absolute Gasteiger partial charge is 0.345 e. The normalized spacial score (nSPS) is 10.3. The maximum atomic E-state index is 11.8. The average Bonchev–Trinajstić information content (AvgIpc) is 2.27. The summed E-state index contributed by atoms with van der Waals surface area (Å²) >= 11 is 0. The third-order valence-corrected chi connectivity index (χ3v) is 2.18. The van der Waals surface area contributed by atoms with Crippen LogP contribution in [0.25, 0.3) is 10.9 Å². The van der Waals surface area contributed by atoms with E-state index in [1.54, 1.807) is 14.1 Å². The van der Waals surface area contributed by atoms with Crippen LogP contribution in [0.4, 0.5) is 0 Å². The van der Waals surface area contributed by atoms with Gasteiger partial charge in [0.15, 0.2) is 0 Å². The van der Waals surface area contributed by atoms with Crippen LogP contribution in [0.15, 0.2) is 30.5 Å². The summed E-state index contributed by atoms with van der Waals surface area (Å²) in [4.78, 5) is 13.3.